The van der Waals surface area contributed by atoms with Gasteiger partial charge in [0, 0.05) is 11.4 Å². The van der Waals surface area contributed by atoms with Crippen LogP contribution in [-0.4, -0.2) is 23.1 Å². The molecule has 1 N–H and O–H groups in total. The van der Waals surface area contributed by atoms with Crippen LogP contribution in [0.2, 0.25) is 0 Å². The second-order valence-electron chi connectivity index (χ2n) is 5.69. The van der Waals surface area contributed by atoms with E-state index in [0.717, 1.165) is 36.7 Å². The smallest absolute Gasteiger partial charge is 0.196 e. The van der Waals surface area contributed by atoms with E-state index in [1.807, 2.05) is 12.1 Å². The van der Waals surface area contributed by atoms with Gasteiger partial charge in [-0.15, -0.1) is 0 Å². The fourth-order valence-electron chi connectivity index (χ4n) is 2.50. The Balaban J connectivity index is 2.10. The normalized spacial score (nSPS) is 12.6. The first-order valence-corrected chi connectivity index (χ1v) is 7.70. The van der Waals surface area contributed by atoms with Gasteiger partial charge in [0.25, 0.3) is 0 Å². The van der Waals surface area contributed by atoms with Crippen molar-refractivity contribution < 1.29 is 4.42 Å². The number of hydrogen-bond acceptors (Lipinski definition) is 4. The third-order valence-electron chi connectivity index (χ3n) is 3.63. The maximum atomic E-state index is 5.38. The van der Waals surface area contributed by atoms with Crippen molar-refractivity contribution in [1.29, 1.82) is 0 Å². The second-order valence-corrected chi connectivity index (χ2v) is 5.69. The number of aromatic nitrogens is 2. The molecule has 0 aromatic carbocycles. The summed E-state index contributed by atoms with van der Waals surface area (Å²) in [5.74, 6) is 1.98. The average molecular weight is 287 g/mol. The number of aryl methyl sites for hydroxylation is 2. The van der Waals surface area contributed by atoms with Crippen molar-refractivity contribution in [2.24, 2.45) is 5.92 Å². The SMILES string of the molecule is CCCNCC(C)Cc1c(C)nc(-c2ccco2)nc1C. The Labute approximate surface area is 127 Å². The summed E-state index contributed by atoms with van der Waals surface area (Å²) < 4.78 is 5.38. The van der Waals surface area contributed by atoms with Gasteiger partial charge in [-0.3, -0.25) is 0 Å². The third-order valence-corrected chi connectivity index (χ3v) is 3.63. The summed E-state index contributed by atoms with van der Waals surface area (Å²) in [7, 11) is 0. The zero-order valence-corrected chi connectivity index (χ0v) is 13.4. The van der Waals surface area contributed by atoms with Gasteiger partial charge in [0.1, 0.15) is 0 Å². The lowest BCUT2D eigenvalue weighted by molar-refractivity contribution is 0.507. The Bertz CT molecular complexity index is 540. The molecule has 1 atom stereocenters. The fourth-order valence-corrected chi connectivity index (χ4v) is 2.50. The van der Waals surface area contributed by atoms with Crippen LogP contribution in [0.4, 0.5) is 0 Å². The molecule has 2 heterocycles. The van der Waals surface area contributed by atoms with E-state index < -0.39 is 0 Å². The van der Waals surface area contributed by atoms with Crippen LogP contribution in [0, 0.1) is 19.8 Å². The van der Waals surface area contributed by atoms with Crippen molar-refractivity contribution >= 4 is 0 Å². The fraction of sp³-hybridized carbons (Fsp3) is 0.529. The first-order chi connectivity index (χ1) is 10.1. The quantitative estimate of drug-likeness (QED) is 0.791. The van der Waals surface area contributed by atoms with E-state index >= 15 is 0 Å². The molecule has 0 fully saturated rings. The largest absolute Gasteiger partial charge is 0.461 e. The second kappa shape index (κ2) is 7.36. The maximum Gasteiger partial charge on any atom is 0.196 e. The van der Waals surface area contributed by atoms with Crippen LogP contribution >= 0.6 is 0 Å². The number of hydrogen-bond donors (Lipinski definition) is 1. The molecule has 0 amide bonds. The Morgan fingerprint density at radius 1 is 1.24 bits per heavy atom. The molecule has 0 saturated carbocycles. The number of furan rings is 1. The van der Waals surface area contributed by atoms with E-state index in [1.165, 1.54) is 12.0 Å². The van der Waals surface area contributed by atoms with Gasteiger partial charge in [0.15, 0.2) is 11.6 Å². The van der Waals surface area contributed by atoms with Gasteiger partial charge in [-0.25, -0.2) is 9.97 Å². The van der Waals surface area contributed by atoms with Crippen LogP contribution in [0.15, 0.2) is 22.8 Å². The summed E-state index contributed by atoms with van der Waals surface area (Å²) in [4.78, 5) is 9.20. The molecule has 0 saturated heterocycles. The van der Waals surface area contributed by atoms with Crippen molar-refractivity contribution in [3.05, 3.63) is 35.3 Å². The van der Waals surface area contributed by atoms with Crippen molar-refractivity contribution in [1.82, 2.24) is 15.3 Å². The van der Waals surface area contributed by atoms with Crippen LogP contribution in [0.1, 0.15) is 37.2 Å². The topological polar surface area (TPSA) is 51.0 Å². The highest BCUT2D eigenvalue weighted by atomic mass is 16.3. The van der Waals surface area contributed by atoms with E-state index in [4.69, 9.17) is 4.42 Å². The molecule has 0 bridgehead atoms. The van der Waals surface area contributed by atoms with Gasteiger partial charge in [0.05, 0.1) is 6.26 Å². The van der Waals surface area contributed by atoms with E-state index in [9.17, 15) is 0 Å². The monoisotopic (exact) mass is 287 g/mol. The maximum absolute atomic E-state index is 5.38. The van der Waals surface area contributed by atoms with Crippen molar-refractivity contribution in [3.8, 4) is 11.6 Å². The Morgan fingerprint density at radius 2 is 1.95 bits per heavy atom. The van der Waals surface area contributed by atoms with E-state index in [1.54, 1.807) is 6.26 Å². The van der Waals surface area contributed by atoms with Crippen LogP contribution in [-0.2, 0) is 6.42 Å². The predicted octanol–water partition coefficient (Wildman–Crippen LogP) is 3.53. The van der Waals surface area contributed by atoms with Gasteiger partial charge in [-0.2, -0.15) is 0 Å². The lowest BCUT2D eigenvalue weighted by Crippen LogP contribution is -2.23. The van der Waals surface area contributed by atoms with Crippen LogP contribution in [0.5, 0.6) is 0 Å². The first-order valence-electron chi connectivity index (χ1n) is 7.70. The van der Waals surface area contributed by atoms with Crippen molar-refractivity contribution in [2.45, 2.75) is 40.5 Å². The predicted molar refractivity (Wildman–Crippen MR) is 85.2 cm³/mol. The van der Waals surface area contributed by atoms with E-state index in [2.05, 4.69) is 43.0 Å². The van der Waals surface area contributed by atoms with Gasteiger partial charge >= 0.3 is 0 Å². The number of rotatable bonds is 7. The molecule has 0 aliphatic carbocycles. The molecule has 0 radical (unpaired) electrons. The lowest BCUT2D eigenvalue weighted by atomic mass is 9.98. The minimum atomic E-state index is 0.576. The summed E-state index contributed by atoms with van der Waals surface area (Å²) >= 11 is 0. The first kappa shape index (κ1) is 15.7. The molecule has 4 nitrogen and oxygen atoms in total. The van der Waals surface area contributed by atoms with Crippen LogP contribution in [0.25, 0.3) is 11.6 Å². The zero-order valence-electron chi connectivity index (χ0n) is 13.4. The summed E-state index contributed by atoms with van der Waals surface area (Å²) in [5.41, 5.74) is 3.36. The summed E-state index contributed by atoms with van der Waals surface area (Å²) in [6.07, 6.45) is 3.83. The Hall–Kier alpha value is -1.68. The number of nitrogens with zero attached hydrogens (tertiary/aromatic N) is 2. The van der Waals surface area contributed by atoms with Gasteiger partial charge in [0.2, 0.25) is 0 Å². The highest BCUT2D eigenvalue weighted by Gasteiger charge is 2.14. The third kappa shape index (κ3) is 4.14. The molecule has 21 heavy (non-hydrogen) atoms. The lowest BCUT2D eigenvalue weighted by Gasteiger charge is -2.15. The standard InChI is InChI=1S/C17H25N3O/c1-5-8-18-11-12(2)10-15-13(3)19-17(20-14(15)4)16-7-6-9-21-16/h6-7,9,12,18H,5,8,10-11H2,1-4H3. The Morgan fingerprint density at radius 3 is 2.52 bits per heavy atom. The van der Waals surface area contributed by atoms with Crippen LogP contribution in [0.3, 0.4) is 0 Å². The molecule has 0 aliphatic heterocycles. The molecule has 1 unspecified atom stereocenters. The molecule has 4 heteroatoms. The molecule has 114 valence electrons. The summed E-state index contributed by atoms with van der Waals surface area (Å²) in [6.45, 7) is 10.7. The summed E-state index contributed by atoms with van der Waals surface area (Å²) in [5, 5.41) is 3.47. The van der Waals surface area contributed by atoms with Gasteiger partial charge < -0.3 is 9.73 Å². The number of nitrogens with one attached hydrogen (secondary N) is 1. The highest BCUT2D eigenvalue weighted by Crippen LogP contribution is 2.21. The molecule has 0 aliphatic rings. The van der Waals surface area contributed by atoms with E-state index in [-0.39, 0.29) is 0 Å². The molecular weight excluding hydrogens is 262 g/mol. The van der Waals surface area contributed by atoms with Gasteiger partial charge in [-0.05, 0) is 63.4 Å². The highest BCUT2D eigenvalue weighted by molar-refractivity contribution is 5.48. The minimum Gasteiger partial charge on any atom is -0.461 e. The zero-order chi connectivity index (χ0) is 15.2. The van der Waals surface area contributed by atoms with E-state index in [0.29, 0.717) is 11.7 Å². The minimum absolute atomic E-state index is 0.576. The van der Waals surface area contributed by atoms with Crippen molar-refractivity contribution in [2.75, 3.05) is 13.1 Å². The molecule has 0 spiro atoms. The Kier molecular flexibility index (Phi) is 5.51. The van der Waals surface area contributed by atoms with Crippen molar-refractivity contribution in [3.63, 3.8) is 0 Å². The summed E-state index contributed by atoms with van der Waals surface area (Å²) in [6, 6.07) is 3.75. The molecular formula is C17H25N3O. The van der Waals surface area contributed by atoms with Crippen LogP contribution < -0.4 is 5.32 Å². The van der Waals surface area contributed by atoms with Gasteiger partial charge in [-0.1, -0.05) is 13.8 Å². The average Bonchev–Trinajstić information content (AvgIpc) is 2.97. The molecule has 2 aromatic heterocycles. The molecule has 2 rings (SSSR count). The molecule has 2 aromatic rings.